The van der Waals surface area contributed by atoms with Crippen LogP contribution in [0.1, 0.15) is 6.92 Å². The van der Waals surface area contributed by atoms with Crippen molar-refractivity contribution in [2.45, 2.75) is 6.92 Å². The van der Waals surface area contributed by atoms with Gasteiger partial charge in [-0.25, -0.2) is 0 Å². The third-order valence-electron chi connectivity index (χ3n) is 0.644. The predicted molar refractivity (Wildman–Crippen MR) is 44.0 cm³/mol. The van der Waals surface area contributed by atoms with Crippen LogP contribution in [0.5, 0.6) is 0 Å². The molecule has 0 unspecified atom stereocenters. The molecule has 7 heteroatoms. The highest BCUT2D eigenvalue weighted by atomic mass is 16.6. The molecular formula is C6H14N2O5. The third-order valence-corrected chi connectivity index (χ3v) is 0.644. The first-order valence-electron chi connectivity index (χ1n) is 3.52. The lowest BCUT2D eigenvalue weighted by Crippen LogP contribution is -2.22. The van der Waals surface area contributed by atoms with Crippen LogP contribution in [0, 0.1) is 0 Å². The average molecular weight is 194 g/mol. The van der Waals surface area contributed by atoms with Gasteiger partial charge in [-0.1, -0.05) is 0 Å². The summed E-state index contributed by atoms with van der Waals surface area (Å²) in [7, 11) is 0. The number of nitrogens with two attached hydrogens (primary N) is 1. The van der Waals surface area contributed by atoms with E-state index in [0.29, 0.717) is 6.61 Å². The van der Waals surface area contributed by atoms with Crippen molar-refractivity contribution in [3.63, 3.8) is 0 Å². The van der Waals surface area contributed by atoms with Crippen LogP contribution in [0.2, 0.25) is 0 Å². The van der Waals surface area contributed by atoms with Crippen molar-refractivity contribution < 1.29 is 24.6 Å². The Hall–Kier alpha value is -1.18. The number of carboxylic acids is 2. The zero-order valence-electron chi connectivity index (χ0n) is 7.32. The second kappa shape index (κ2) is 10.8. The normalized spacial score (nSPS) is 8.46. The fourth-order valence-corrected chi connectivity index (χ4v) is 0.215. The Kier molecular flexibility index (Phi) is 11.9. The molecule has 0 rings (SSSR count). The van der Waals surface area contributed by atoms with Gasteiger partial charge in [0.25, 0.3) is 0 Å². The minimum atomic E-state index is -0.968. The molecule has 0 saturated heterocycles. The van der Waals surface area contributed by atoms with Crippen molar-refractivity contribution in [2.75, 3.05) is 19.7 Å². The van der Waals surface area contributed by atoms with Crippen LogP contribution in [0.3, 0.4) is 0 Å². The van der Waals surface area contributed by atoms with E-state index in [1.54, 1.807) is 6.92 Å². The van der Waals surface area contributed by atoms with E-state index in [-0.39, 0.29) is 13.1 Å². The molecule has 13 heavy (non-hydrogen) atoms. The fraction of sp³-hybridized carbons (Fsp3) is 0.667. The molecule has 0 aromatic rings. The molecule has 0 amide bonds. The zero-order valence-corrected chi connectivity index (χ0v) is 7.32. The van der Waals surface area contributed by atoms with Crippen molar-refractivity contribution in [1.29, 1.82) is 0 Å². The number of carbonyl (C=O) groups is 2. The average Bonchev–Trinajstić information content (AvgIpc) is 2.05. The van der Waals surface area contributed by atoms with Gasteiger partial charge in [0.2, 0.25) is 0 Å². The van der Waals surface area contributed by atoms with Gasteiger partial charge in [-0.2, -0.15) is 5.48 Å². The van der Waals surface area contributed by atoms with Crippen molar-refractivity contribution in [3.8, 4) is 0 Å². The summed E-state index contributed by atoms with van der Waals surface area (Å²) in [6.45, 7) is 1.83. The molecule has 0 atom stereocenters. The first-order valence-corrected chi connectivity index (χ1v) is 3.52. The van der Waals surface area contributed by atoms with Gasteiger partial charge in [0.05, 0.1) is 13.2 Å². The van der Waals surface area contributed by atoms with Crippen LogP contribution in [-0.2, 0) is 14.4 Å². The summed E-state index contributed by atoms with van der Waals surface area (Å²) < 4.78 is 0. The van der Waals surface area contributed by atoms with Crippen LogP contribution in [0.25, 0.3) is 0 Å². The minimum absolute atomic E-state index is 0.145. The maximum absolute atomic E-state index is 9.73. The Bertz CT molecular complexity index is 150. The van der Waals surface area contributed by atoms with Gasteiger partial charge >= 0.3 is 11.9 Å². The summed E-state index contributed by atoms with van der Waals surface area (Å²) in [5, 5.41) is 15.6. The molecule has 0 radical (unpaired) electrons. The van der Waals surface area contributed by atoms with Gasteiger partial charge < -0.3 is 20.8 Å². The van der Waals surface area contributed by atoms with Crippen LogP contribution >= 0.6 is 0 Å². The molecule has 78 valence electrons. The Balaban J connectivity index is 0. The van der Waals surface area contributed by atoms with Gasteiger partial charge in [0, 0.05) is 0 Å². The quantitative estimate of drug-likeness (QED) is 0.315. The monoisotopic (exact) mass is 194 g/mol. The van der Waals surface area contributed by atoms with Crippen LogP contribution < -0.4 is 11.2 Å². The smallest absolute Gasteiger partial charge is 0.319 e. The standard InChI is InChI=1S/C4H9NO3.C2H5NO2/c1-2-8-5-3-4(6)7;3-1-2(4)5/h5H,2-3H2,1H3,(H,6,7);1,3H2,(H,4,5). The van der Waals surface area contributed by atoms with Crippen LogP contribution in [0.4, 0.5) is 0 Å². The lowest BCUT2D eigenvalue weighted by atomic mass is 10.7. The number of aliphatic carboxylic acids is 2. The number of rotatable bonds is 5. The Morgan fingerprint density at radius 2 is 1.85 bits per heavy atom. The molecule has 0 spiro atoms. The summed E-state index contributed by atoms with van der Waals surface area (Å²) in [6, 6.07) is 0. The molecule has 0 aliphatic carbocycles. The molecule has 0 fully saturated rings. The minimum Gasteiger partial charge on any atom is -0.480 e. The summed E-state index contributed by atoms with van der Waals surface area (Å²) in [5.74, 6) is -1.89. The van der Waals surface area contributed by atoms with E-state index in [9.17, 15) is 9.59 Å². The van der Waals surface area contributed by atoms with Gasteiger partial charge in [0.1, 0.15) is 6.54 Å². The molecule has 5 N–H and O–H groups in total. The van der Waals surface area contributed by atoms with Crippen molar-refractivity contribution in [3.05, 3.63) is 0 Å². The first-order chi connectivity index (χ1) is 6.04. The van der Waals surface area contributed by atoms with E-state index >= 15 is 0 Å². The Morgan fingerprint density at radius 3 is 2.08 bits per heavy atom. The second-order valence-electron chi connectivity index (χ2n) is 1.75. The van der Waals surface area contributed by atoms with E-state index in [1.807, 2.05) is 0 Å². The molecule has 0 aromatic heterocycles. The number of nitrogens with one attached hydrogen (secondary N) is 1. The maximum atomic E-state index is 9.73. The van der Waals surface area contributed by atoms with Crippen LogP contribution in [0.15, 0.2) is 0 Å². The van der Waals surface area contributed by atoms with Gasteiger partial charge in [0.15, 0.2) is 0 Å². The number of carboxylic acid groups (broad SMARTS) is 2. The number of hydrogen-bond donors (Lipinski definition) is 4. The fourth-order valence-electron chi connectivity index (χ4n) is 0.215. The van der Waals surface area contributed by atoms with Crippen molar-refractivity contribution >= 4 is 11.9 Å². The molecular weight excluding hydrogens is 180 g/mol. The Morgan fingerprint density at radius 1 is 1.38 bits per heavy atom. The predicted octanol–water partition coefficient (Wildman–Crippen LogP) is -1.36. The summed E-state index contributed by atoms with van der Waals surface area (Å²) in [4.78, 5) is 23.5. The molecule has 0 aliphatic rings. The summed E-state index contributed by atoms with van der Waals surface area (Å²) >= 11 is 0. The third kappa shape index (κ3) is 24.8. The van der Waals surface area contributed by atoms with Crippen molar-refractivity contribution in [2.24, 2.45) is 5.73 Å². The molecule has 0 aliphatic heterocycles. The van der Waals surface area contributed by atoms with Crippen molar-refractivity contribution in [1.82, 2.24) is 5.48 Å². The molecule has 0 aromatic carbocycles. The topological polar surface area (TPSA) is 122 Å². The SMILES string of the molecule is CCONCC(=O)O.NCC(=O)O. The van der Waals surface area contributed by atoms with E-state index in [0.717, 1.165) is 0 Å². The van der Waals surface area contributed by atoms with E-state index < -0.39 is 11.9 Å². The summed E-state index contributed by atoms with van der Waals surface area (Å²) in [5.41, 5.74) is 6.81. The first kappa shape index (κ1) is 14.3. The Labute approximate surface area is 75.4 Å². The van der Waals surface area contributed by atoms with E-state index in [2.05, 4.69) is 16.1 Å². The van der Waals surface area contributed by atoms with E-state index in [1.165, 1.54) is 0 Å². The summed E-state index contributed by atoms with van der Waals surface area (Å²) in [6.07, 6.45) is 0. The highest BCUT2D eigenvalue weighted by Gasteiger charge is 1.91. The highest BCUT2D eigenvalue weighted by molar-refractivity contribution is 5.68. The molecule has 0 bridgehead atoms. The lowest BCUT2D eigenvalue weighted by Gasteiger charge is -1.96. The maximum Gasteiger partial charge on any atom is 0.319 e. The van der Waals surface area contributed by atoms with Crippen LogP contribution in [-0.4, -0.2) is 41.8 Å². The highest BCUT2D eigenvalue weighted by Crippen LogP contribution is 1.62. The lowest BCUT2D eigenvalue weighted by molar-refractivity contribution is -0.139. The van der Waals surface area contributed by atoms with Gasteiger partial charge in [-0.15, -0.1) is 0 Å². The second-order valence-corrected chi connectivity index (χ2v) is 1.75. The largest absolute Gasteiger partial charge is 0.480 e. The number of hydroxylamine groups is 1. The molecule has 0 heterocycles. The van der Waals surface area contributed by atoms with Gasteiger partial charge in [-0.05, 0) is 6.92 Å². The molecule has 0 saturated carbocycles. The zero-order chi connectivity index (χ0) is 10.7. The number of hydrogen-bond acceptors (Lipinski definition) is 5. The molecule has 7 nitrogen and oxygen atoms in total. The van der Waals surface area contributed by atoms with Gasteiger partial charge in [-0.3, -0.25) is 9.59 Å². The van der Waals surface area contributed by atoms with E-state index in [4.69, 9.17) is 10.2 Å².